The monoisotopic (exact) mass is 433 g/mol. The molecule has 4 rings (SSSR count). The molecule has 0 unspecified atom stereocenters. The molecule has 166 valence electrons. The van der Waals surface area contributed by atoms with Gasteiger partial charge in [-0.1, -0.05) is 30.3 Å². The summed E-state index contributed by atoms with van der Waals surface area (Å²) in [5.41, 5.74) is 3.06. The second-order valence-electron chi connectivity index (χ2n) is 8.07. The van der Waals surface area contributed by atoms with Crippen LogP contribution in [0.3, 0.4) is 0 Å². The molecule has 2 heterocycles. The van der Waals surface area contributed by atoms with Crippen molar-refractivity contribution in [2.24, 2.45) is 0 Å². The van der Waals surface area contributed by atoms with Crippen molar-refractivity contribution >= 4 is 5.91 Å². The van der Waals surface area contributed by atoms with E-state index in [0.717, 1.165) is 49.6 Å². The van der Waals surface area contributed by atoms with Gasteiger partial charge in [0.15, 0.2) is 0 Å². The van der Waals surface area contributed by atoms with Gasteiger partial charge >= 0.3 is 0 Å². The molecule has 3 aromatic rings. The minimum atomic E-state index is -0.219. The fourth-order valence-electron chi connectivity index (χ4n) is 3.92. The first kappa shape index (κ1) is 22.0. The number of hydrogen-bond acceptors (Lipinski definition) is 4. The van der Waals surface area contributed by atoms with Crippen molar-refractivity contribution < 1.29 is 13.9 Å². The van der Waals surface area contributed by atoms with Crippen molar-refractivity contribution in [2.45, 2.75) is 19.4 Å². The molecule has 0 bridgehead atoms. The van der Waals surface area contributed by atoms with Crippen LogP contribution in [0.2, 0.25) is 0 Å². The van der Waals surface area contributed by atoms with E-state index in [1.165, 1.54) is 11.6 Å². The maximum atomic E-state index is 13.3. The molecule has 32 heavy (non-hydrogen) atoms. The van der Waals surface area contributed by atoms with Gasteiger partial charge in [0.2, 0.25) is 5.91 Å². The fraction of sp³-hybridized carbons (Fsp3) is 0.308. The van der Waals surface area contributed by atoms with Gasteiger partial charge in [0.25, 0.3) is 0 Å². The molecular formula is C26H28FN3O2. The summed E-state index contributed by atoms with van der Waals surface area (Å²) in [7, 11) is 0. The van der Waals surface area contributed by atoms with Crippen molar-refractivity contribution in [1.29, 1.82) is 0 Å². The number of carbonyl (C=O) groups is 1. The Morgan fingerprint density at radius 2 is 1.72 bits per heavy atom. The first-order chi connectivity index (χ1) is 15.7. The van der Waals surface area contributed by atoms with Crippen LogP contribution in [0.4, 0.5) is 4.39 Å². The Labute approximate surface area is 188 Å². The molecule has 6 heteroatoms. The van der Waals surface area contributed by atoms with E-state index < -0.39 is 0 Å². The predicted molar refractivity (Wildman–Crippen MR) is 122 cm³/mol. The lowest BCUT2D eigenvalue weighted by Crippen LogP contribution is -2.48. The third-order valence-electron chi connectivity index (χ3n) is 5.66. The maximum Gasteiger partial charge on any atom is 0.227 e. The van der Waals surface area contributed by atoms with E-state index in [0.29, 0.717) is 19.4 Å². The summed E-state index contributed by atoms with van der Waals surface area (Å²) in [4.78, 5) is 20.9. The van der Waals surface area contributed by atoms with Crippen LogP contribution in [0.1, 0.15) is 16.7 Å². The zero-order valence-corrected chi connectivity index (χ0v) is 18.1. The van der Waals surface area contributed by atoms with Gasteiger partial charge < -0.3 is 9.64 Å². The highest BCUT2D eigenvalue weighted by molar-refractivity contribution is 5.78. The number of hydrogen-bond donors (Lipinski definition) is 0. The Bertz CT molecular complexity index is 1020. The fourth-order valence-corrected chi connectivity index (χ4v) is 3.92. The molecule has 0 N–H and O–H groups in total. The number of nitrogens with zero attached hydrogens (tertiary/aromatic N) is 3. The van der Waals surface area contributed by atoms with Gasteiger partial charge in [0, 0.05) is 51.5 Å². The first-order valence-electron chi connectivity index (χ1n) is 11.0. The summed E-state index contributed by atoms with van der Waals surface area (Å²) in [5.74, 6) is 0.763. The number of ether oxygens (including phenoxy) is 1. The molecule has 1 saturated heterocycles. The van der Waals surface area contributed by atoms with Crippen LogP contribution in [-0.4, -0.2) is 53.5 Å². The molecule has 0 radical (unpaired) electrons. The number of aromatic nitrogens is 1. The van der Waals surface area contributed by atoms with E-state index in [4.69, 9.17) is 4.74 Å². The van der Waals surface area contributed by atoms with Crippen LogP contribution in [0, 0.1) is 5.82 Å². The van der Waals surface area contributed by atoms with Gasteiger partial charge in [0.05, 0.1) is 13.0 Å². The number of pyridine rings is 1. The largest absolute Gasteiger partial charge is 0.493 e. The predicted octanol–water partition coefficient (Wildman–Crippen LogP) is 3.73. The quantitative estimate of drug-likeness (QED) is 0.543. The van der Waals surface area contributed by atoms with Gasteiger partial charge in [-0.3, -0.25) is 14.7 Å². The topological polar surface area (TPSA) is 45.7 Å². The van der Waals surface area contributed by atoms with E-state index in [1.807, 2.05) is 35.2 Å². The van der Waals surface area contributed by atoms with Crippen LogP contribution < -0.4 is 4.74 Å². The standard InChI is InChI=1S/C26H28FN3O2/c27-24-7-1-4-21(16-24)9-15-32-25-8-2-5-23(17-25)20-29-11-13-30(14-12-29)26(31)18-22-6-3-10-28-19-22/h1-8,10,16-17,19H,9,11-15,18,20H2. The molecular weight excluding hydrogens is 405 g/mol. The summed E-state index contributed by atoms with van der Waals surface area (Å²) < 4.78 is 19.2. The lowest BCUT2D eigenvalue weighted by molar-refractivity contribution is -0.132. The first-order valence-corrected chi connectivity index (χ1v) is 11.0. The Morgan fingerprint density at radius 3 is 2.50 bits per heavy atom. The zero-order valence-electron chi connectivity index (χ0n) is 18.1. The highest BCUT2D eigenvalue weighted by Gasteiger charge is 2.21. The van der Waals surface area contributed by atoms with Gasteiger partial charge in [-0.2, -0.15) is 0 Å². The molecule has 1 fully saturated rings. The van der Waals surface area contributed by atoms with E-state index in [9.17, 15) is 9.18 Å². The lowest BCUT2D eigenvalue weighted by atomic mass is 10.1. The molecule has 2 aromatic carbocycles. The minimum Gasteiger partial charge on any atom is -0.493 e. The smallest absolute Gasteiger partial charge is 0.227 e. The number of benzene rings is 2. The third-order valence-corrected chi connectivity index (χ3v) is 5.66. The number of carbonyl (C=O) groups excluding carboxylic acids is 1. The van der Waals surface area contributed by atoms with Gasteiger partial charge in [-0.15, -0.1) is 0 Å². The second kappa shape index (κ2) is 10.9. The summed E-state index contributed by atoms with van der Waals surface area (Å²) in [6.07, 6.45) is 4.54. The van der Waals surface area contributed by atoms with E-state index in [-0.39, 0.29) is 11.7 Å². The van der Waals surface area contributed by atoms with Crippen LogP contribution >= 0.6 is 0 Å². The highest BCUT2D eigenvalue weighted by Crippen LogP contribution is 2.17. The summed E-state index contributed by atoms with van der Waals surface area (Å²) in [6.45, 7) is 4.51. The summed E-state index contributed by atoms with van der Waals surface area (Å²) in [6, 6.07) is 18.5. The van der Waals surface area contributed by atoms with Crippen molar-refractivity contribution in [3.63, 3.8) is 0 Å². The number of piperazine rings is 1. The third kappa shape index (κ3) is 6.37. The van der Waals surface area contributed by atoms with Crippen molar-refractivity contribution in [2.75, 3.05) is 32.8 Å². The van der Waals surface area contributed by atoms with Gasteiger partial charge in [0.1, 0.15) is 11.6 Å². The number of rotatable bonds is 8. The maximum absolute atomic E-state index is 13.3. The lowest BCUT2D eigenvalue weighted by Gasteiger charge is -2.34. The van der Waals surface area contributed by atoms with Crippen LogP contribution in [0.15, 0.2) is 73.1 Å². The highest BCUT2D eigenvalue weighted by atomic mass is 19.1. The zero-order chi connectivity index (χ0) is 22.2. The Morgan fingerprint density at radius 1 is 0.938 bits per heavy atom. The molecule has 1 aliphatic rings. The van der Waals surface area contributed by atoms with Crippen molar-refractivity contribution in [1.82, 2.24) is 14.8 Å². The molecule has 1 aliphatic heterocycles. The normalized spacial score (nSPS) is 14.3. The summed E-state index contributed by atoms with van der Waals surface area (Å²) in [5, 5.41) is 0. The minimum absolute atomic E-state index is 0.159. The molecule has 1 aromatic heterocycles. The molecule has 1 amide bonds. The molecule has 0 saturated carbocycles. The van der Waals surface area contributed by atoms with Crippen molar-refractivity contribution in [3.05, 3.63) is 95.6 Å². The SMILES string of the molecule is O=C(Cc1cccnc1)N1CCN(Cc2cccc(OCCc3cccc(F)c3)c2)CC1. The molecule has 0 aliphatic carbocycles. The van der Waals surface area contributed by atoms with E-state index in [1.54, 1.807) is 24.5 Å². The molecule has 5 nitrogen and oxygen atoms in total. The Kier molecular flexibility index (Phi) is 7.46. The second-order valence-corrected chi connectivity index (χ2v) is 8.07. The molecule has 0 spiro atoms. The van der Waals surface area contributed by atoms with Gasteiger partial charge in [-0.05, 0) is 47.0 Å². The Hall–Kier alpha value is -3.25. The average Bonchev–Trinajstić information content (AvgIpc) is 2.81. The average molecular weight is 434 g/mol. The summed E-state index contributed by atoms with van der Waals surface area (Å²) >= 11 is 0. The van der Waals surface area contributed by atoms with E-state index >= 15 is 0 Å². The number of halogens is 1. The number of amides is 1. The van der Waals surface area contributed by atoms with E-state index in [2.05, 4.69) is 22.0 Å². The molecule has 0 atom stereocenters. The van der Waals surface area contributed by atoms with Crippen LogP contribution in [0.25, 0.3) is 0 Å². The van der Waals surface area contributed by atoms with Crippen molar-refractivity contribution in [3.8, 4) is 5.75 Å². The van der Waals surface area contributed by atoms with Crippen LogP contribution in [-0.2, 0) is 24.2 Å². The van der Waals surface area contributed by atoms with Crippen LogP contribution in [0.5, 0.6) is 5.75 Å². The Balaban J connectivity index is 1.22. The van der Waals surface area contributed by atoms with Gasteiger partial charge in [-0.25, -0.2) is 4.39 Å².